The van der Waals surface area contributed by atoms with E-state index < -0.39 is 0 Å². The second-order valence-corrected chi connectivity index (χ2v) is 6.56. The maximum atomic E-state index is 12.1. The summed E-state index contributed by atoms with van der Waals surface area (Å²) in [4.78, 5) is 26.0. The van der Waals surface area contributed by atoms with E-state index in [-0.39, 0.29) is 11.8 Å². The number of rotatable bonds is 4. The fourth-order valence-electron chi connectivity index (χ4n) is 2.49. The zero-order chi connectivity index (χ0) is 15.1. The number of benzene rings is 1. The van der Waals surface area contributed by atoms with Crippen LogP contribution in [0.2, 0.25) is 0 Å². The summed E-state index contributed by atoms with van der Waals surface area (Å²) in [7, 11) is 0. The van der Waals surface area contributed by atoms with E-state index >= 15 is 0 Å². The smallest absolute Gasteiger partial charge is 0.251 e. The zero-order valence-electron chi connectivity index (χ0n) is 12.1. The molecule has 1 aromatic carbocycles. The molecule has 0 bridgehead atoms. The molecule has 1 aliphatic heterocycles. The zero-order valence-corrected chi connectivity index (χ0v) is 14.3. The Hall–Kier alpha value is -1.11. The number of hydrogen-bond acceptors (Lipinski definition) is 2. The highest BCUT2D eigenvalue weighted by atomic mass is 127. The molecule has 1 fully saturated rings. The van der Waals surface area contributed by atoms with Crippen molar-refractivity contribution in [2.24, 2.45) is 0 Å². The van der Waals surface area contributed by atoms with Crippen molar-refractivity contribution in [1.29, 1.82) is 0 Å². The van der Waals surface area contributed by atoms with Crippen LogP contribution in [-0.4, -0.2) is 36.3 Å². The Balaban J connectivity index is 1.75. The summed E-state index contributed by atoms with van der Waals surface area (Å²) >= 11 is 2.18. The summed E-state index contributed by atoms with van der Waals surface area (Å²) in [5.74, 6) is 0.0389. The van der Waals surface area contributed by atoms with Crippen LogP contribution in [0.4, 0.5) is 0 Å². The first kappa shape index (κ1) is 16.3. The SMILES string of the molecule is O=C(NCCC(=O)N1CCCCCC1)c1cccc(I)c1. The van der Waals surface area contributed by atoms with Crippen LogP contribution in [0.5, 0.6) is 0 Å². The molecule has 2 rings (SSSR count). The fraction of sp³-hybridized carbons (Fsp3) is 0.500. The second kappa shape index (κ2) is 8.36. The molecule has 2 amide bonds. The molecule has 0 radical (unpaired) electrons. The second-order valence-electron chi connectivity index (χ2n) is 5.31. The molecule has 1 heterocycles. The first-order chi connectivity index (χ1) is 10.2. The van der Waals surface area contributed by atoms with Gasteiger partial charge in [-0.05, 0) is 53.6 Å². The van der Waals surface area contributed by atoms with Gasteiger partial charge in [-0.3, -0.25) is 9.59 Å². The molecule has 0 saturated carbocycles. The topological polar surface area (TPSA) is 49.4 Å². The van der Waals surface area contributed by atoms with Gasteiger partial charge in [0.25, 0.3) is 5.91 Å². The van der Waals surface area contributed by atoms with E-state index in [2.05, 4.69) is 27.9 Å². The maximum Gasteiger partial charge on any atom is 0.251 e. The van der Waals surface area contributed by atoms with Crippen molar-refractivity contribution in [3.8, 4) is 0 Å². The standard InChI is InChI=1S/C16H21IN2O2/c17-14-7-5-6-13(12-14)16(21)18-9-8-15(20)19-10-3-1-2-4-11-19/h5-7,12H,1-4,8-11H2,(H,18,21). The van der Waals surface area contributed by atoms with E-state index in [1.807, 2.05) is 23.1 Å². The molecule has 0 aliphatic carbocycles. The predicted molar refractivity (Wildman–Crippen MR) is 91.2 cm³/mol. The summed E-state index contributed by atoms with van der Waals surface area (Å²) in [5, 5.41) is 2.82. The van der Waals surface area contributed by atoms with E-state index in [4.69, 9.17) is 0 Å². The lowest BCUT2D eigenvalue weighted by atomic mass is 10.2. The minimum atomic E-state index is -0.114. The molecule has 0 aromatic heterocycles. The van der Waals surface area contributed by atoms with Crippen molar-refractivity contribution in [3.05, 3.63) is 33.4 Å². The summed E-state index contributed by atoms with van der Waals surface area (Å²) in [6, 6.07) is 7.43. The number of carbonyl (C=O) groups is 2. The lowest BCUT2D eigenvalue weighted by molar-refractivity contribution is -0.131. The monoisotopic (exact) mass is 400 g/mol. The number of hydrogen-bond donors (Lipinski definition) is 1. The average Bonchev–Trinajstić information content (AvgIpc) is 2.76. The van der Waals surface area contributed by atoms with Crippen molar-refractivity contribution in [3.63, 3.8) is 0 Å². The predicted octanol–water partition coefficient (Wildman–Crippen LogP) is 2.81. The molecular formula is C16H21IN2O2. The molecule has 1 N–H and O–H groups in total. The van der Waals surface area contributed by atoms with Gasteiger partial charge in [-0.1, -0.05) is 18.9 Å². The number of nitrogens with one attached hydrogen (secondary N) is 1. The van der Waals surface area contributed by atoms with Crippen LogP contribution in [0.15, 0.2) is 24.3 Å². The highest BCUT2D eigenvalue weighted by Crippen LogP contribution is 2.11. The van der Waals surface area contributed by atoms with Crippen LogP contribution in [-0.2, 0) is 4.79 Å². The van der Waals surface area contributed by atoms with Gasteiger partial charge in [-0.2, -0.15) is 0 Å². The molecule has 0 unspecified atom stereocenters. The van der Waals surface area contributed by atoms with Gasteiger partial charge in [0, 0.05) is 35.2 Å². The Kier molecular flexibility index (Phi) is 6.48. The minimum Gasteiger partial charge on any atom is -0.352 e. The fourth-order valence-corrected chi connectivity index (χ4v) is 3.04. The molecule has 4 nitrogen and oxygen atoms in total. The average molecular weight is 400 g/mol. The molecule has 1 aliphatic rings. The van der Waals surface area contributed by atoms with Gasteiger partial charge in [-0.15, -0.1) is 0 Å². The number of nitrogens with zero attached hydrogens (tertiary/aromatic N) is 1. The van der Waals surface area contributed by atoms with Crippen molar-refractivity contribution in [2.45, 2.75) is 32.1 Å². The summed E-state index contributed by atoms with van der Waals surface area (Å²) in [6.07, 6.45) is 5.01. The summed E-state index contributed by atoms with van der Waals surface area (Å²) < 4.78 is 1.03. The van der Waals surface area contributed by atoms with Crippen LogP contribution in [0.25, 0.3) is 0 Å². The Morgan fingerprint density at radius 3 is 2.52 bits per heavy atom. The van der Waals surface area contributed by atoms with Crippen LogP contribution in [0.1, 0.15) is 42.5 Å². The first-order valence-electron chi connectivity index (χ1n) is 7.48. The molecule has 5 heteroatoms. The lowest BCUT2D eigenvalue weighted by Crippen LogP contribution is -2.35. The third-order valence-electron chi connectivity index (χ3n) is 3.67. The van der Waals surface area contributed by atoms with Crippen LogP contribution in [0, 0.1) is 3.57 Å². The Labute approximate surface area is 139 Å². The van der Waals surface area contributed by atoms with Crippen molar-refractivity contribution < 1.29 is 9.59 Å². The van der Waals surface area contributed by atoms with Gasteiger partial charge in [0.15, 0.2) is 0 Å². The van der Waals surface area contributed by atoms with Crippen LogP contribution in [0.3, 0.4) is 0 Å². The van der Waals surface area contributed by atoms with Gasteiger partial charge < -0.3 is 10.2 Å². The minimum absolute atomic E-state index is 0.114. The molecule has 114 valence electrons. The third kappa shape index (κ3) is 5.30. The van der Waals surface area contributed by atoms with Crippen LogP contribution >= 0.6 is 22.6 Å². The van der Waals surface area contributed by atoms with Crippen LogP contribution < -0.4 is 5.32 Å². The van der Waals surface area contributed by atoms with Gasteiger partial charge in [0.2, 0.25) is 5.91 Å². The Bertz CT molecular complexity index is 497. The molecule has 0 atom stereocenters. The Morgan fingerprint density at radius 2 is 1.86 bits per heavy atom. The number of carbonyl (C=O) groups excluding carboxylic acids is 2. The maximum absolute atomic E-state index is 12.1. The Morgan fingerprint density at radius 1 is 1.14 bits per heavy atom. The summed E-state index contributed by atoms with van der Waals surface area (Å²) in [5.41, 5.74) is 0.643. The molecule has 1 saturated heterocycles. The van der Waals surface area contributed by atoms with Gasteiger partial charge in [0.1, 0.15) is 0 Å². The van der Waals surface area contributed by atoms with Crippen molar-refractivity contribution >= 4 is 34.4 Å². The highest BCUT2D eigenvalue weighted by molar-refractivity contribution is 14.1. The highest BCUT2D eigenvalue weighted by Gasteiger charge is 2.15. The summed E-state index contributed by atoms with van der Waals surface area (Å²) in [6.45, 7) is 2.13. The molecule has 0 spiro atoms. The third-order valence-corrected chi connectivity index (χ3v) is 4.34. The van der Waals surface area contributed by atoms with E-state index in [9.17, 15) is 9.59 Å². The lowest BCUT2D eigenvalue weighted by Gasteiger charge is -2.20. The van der Waals surface area contributed by atoms with Gasteiger partial charge in [0.05, 0.1) is 0 Å². The first-order valence-corrected chi connectivity index (χ1v) is 8.56. The van der Waals surface area contributed by atoms with Crippen molar-refractivity contribution in [1.82, 2.24) is 10.2 Å². The molecule has 1 aromatic rings. The number of likely N-dealkylation sites (tertiary alicyclic amines) is 1. The van der Waals surface area contributed by atoms with E-state index in [1.165, 1.54) is 12.8 Å². The van der Waals surface area contributed by atoms with E-state index in [1.54, 1.807) is 6.07 Å². The number of amides is 2. The van der Waals surface area contributed by atoms with E-state index in [0.29, 0.717) is 18.5 Å². The quantitative estimate of drug-likeness (QED) is 0.791. The van der Waals surface area contributed by atoms with E-state index in [0.717, 1.165) is 29.5 Å². The van der Waals surface area contributed by atoms with Gasteiger partial charge >= 0.3 is 0 Å². The normalized spacial score (nSPS) is 15.4. The largest absolute Gasteiger partial charge is 0.352 e. The molecule has 21 heavy (non-hydrogen) atoms. The number of halogens is 1. The van der Waals surface area contributed by atoms with Crippen molar-refractivity contribution in [2.75, 3.05) is 19.6 Å². The molecular weight excluding hydrogens is 379 g/mol. The van der Waals surface area contributed by atoms with Gasteiger partial charge in [-0.25, -0.2) is 0 Å².